The number of nitrogens with one attached hydrogen (secondary N) is 2. The molecule has 0 radical (unpaired) electrons. The maximum Gasteiger partial charge on any atom is 0.193 e. The van der Waals surface area contributed by atoms with Gasteiger partial charge in [-0.2, -0.15) is 0 Å². The molecule has 0 aromatic carbocycles. The molecular formula is C8H10N4+2. The van der Waals surface area contributed by atoms with Gasteiger partial charge in [-0.1, -0.05) is 0 Å². The summed E-state index contributed by atoms with van der Waals surface area (Å²) in [5.41, 5.74) is 0. The largest absolute Gasteiger partial charge is 0.252 e. The van der Waals surface area contributed by atoms with Gasteiger partial charge >= 0.3 is 0 Å². The summed E-state index contributed by atoms with van der Waals surface area (Å²) in [5, 5.41) is 6.30. The van der Waals surface area contributed by atoms with E-state index in [0.29, 0.717) is 0 Å². The predicted molar refractivity (Wildman–Crippen MR) is 41.6 cm³/mol. The Morgan fingerprint density at radius 1 is 0.833 bits per heavy atom. The van der Waals surface area contributed by atoms with Gasteiger partial charge in [0.25, 0.3) is 0 Å². The second kappa shape index (κ2) is 5.91. The second-order valence-electron chi connectivity index (χ2n) is 1.91. The summed E-state index contributed by atoms with van der Waals surface area (Å²) < 4.78 is 0. The van der Waals surface area contributed by atoms with Crippen molar-refractivity contribution < 1.29 is 10.1 Å². The van der Waals surface area contributed by atoms with Crippen molar-refractivity contribution in [3.63, 3.8) is 0 Å². The number of H-pyrrole nitrogens is 2. The van der Waals surface area contributed by atoms with E-state index in [0.717, 1.165) is 0 Å². The molecule has 0 spiro atoms. The van der Waals surface area contributed by atoms with Gasteiger partial charge in [0.15, 0.2) is 18.6 Å². The molecule has 60 valence electrons. The highest BCUT2D eigenvalue weighted by atomic mass is 15.1. The Morgan fingerprint density at radius 2 is 1.67 bits per heavy atom. The highest BCUT2D eigenvalue weighted by molar-refractivity contribution is 4.75. The second-order valence-corrected chi connectivity index (χ2v) is 1.91. The van der Waals surface area contributed by atoms with Gasteiger partial charge in [0.2, 0.25) is 0 Å². The summed E-state index contributed by atoms with van der Waals surface area (Å²) in [6.45, 7) is 0. The van der Waals surface area contributed by atoms with Crippen molar-refractivity contribution in [3.8, 4) is 0 Å². The molecule has 4 heteroatoms. The average Bonchev–Trinajstić information content (AvgIpc) is 2.24. The molecule has 2 rings (SSSR count). The zero-order valence-corrected chi connectivity index (χ0v) is 6.51. The van der Waals surface area contributed by atoms with E-state index in [1.54, 1.807) is 37.2 Å². The Labute approximate surface area is 70.3 Å². The quantitative estimate of drug-likeness (QED) is 0.538. The first kappa shape index (κ1) is 8.26. The smallest absolute Gasteiger partial charge is 0.193 e. The lowest BCUT2D eigenvalue weighted by atomic mass is 10.6. The Kier molecular flexibility index (Phi) is 4.07. The van der Waals surface area contributed by atoms with Crippen molar-refractivity contribution >= 4 is 0 Å². The molecule has 0 bridgehead atoms. The summed E-state index contributed by atoms with van der Waals surface area (Å²) >= 11 is 0. The van der Waals surface area contributed by atoms with Gasteiger partial charge in [-0.25, -0.2) is 4.98 Å². The number of nitrogens with zero attached hydrogens (tertiary/aromatic N) is 2. The molecule has 0 aliphatic rings. The van der Waals surface area contributed by atoms with Crippen LogP contribution in [0.15, 0.2) is 49.3 Å². The average molecular weight is 162 g/mol. The Bertz CT molecular complexity index is 186. The van der Waals surface area contributed by atoms with Crippen LogP contribution in [0.2, 0.25) is 0 Å². The van der Waals surface area contributed by atoms with E-state index in [9.17, 15) is 0 Å². The van der Waals surface area contributed by atoms with Crippen LogP contribution in [0, 0.1) is 0 Å². The highest BCUT2D eigenvalue weighted by Gasteiger charge is 1.67. The molecule has 2 heterocycles. The van der Waals surface area contributed by atoms with Crippen LogP contribution in [0.3, 0.4) is 0 Å². The summed E-state index contributed by atoms with van der Waals surface area (Å²) in [4.78, 5) is 6.58. The van der Waals surface area contributed by atoms with Crippen LogP contribution in [-0.4, -0.2) is 10.1 Å². The number of rotatable bonds is 0. The topological polar surface area (TPSA) is 54.1 Å². The first-order chi connectivity index (χ1) is 6.00. The molecule has 0 atom stereocenters. The van der Waals surface area contributed by atoms with Crippen molar-refractivity contribution in [1.82, 2.24) is 10.1 Å². The van der Waals surface area contributed by atoms with Gasteiger partial charge in [-0.05, 0) is 11.2 Å². The van der Waals surface area contributed by atoms with Crippen LogP contribution >= 0.6 is 0 Å². The molecule has 2 N–H and O–H groups in total. The lowest BCUT2D eigenvalue weighted by Gasteiger charge is -1.63. The van der Waals surface area contributed by atoms with Crippen LogP contribution in [-0.2, 0) is 0 Å². The molecule has 2 aromatic heterocycles. The van der Waals surface area contributed by atoms with Crippen molar-refractivity contribution in [2.24, 2.45) is 0 Å². The van der Waals surface area contributed by atoms with Gasteiger partial charge in [-0.3, -0.25) is 4.98 Å². The Balaban J connectivity index is 0.000000120. The number of aromatic amines is 2. The first-order valence-electron chi connectivity index (χ1n) is 3.53. The molecule has 0 saturated heterocycles. The maximum absolute atomic E-state index is 3.75. The first-order valence-corrected chi connectivity index (χ1v) is 3.53. The van der Waals surface area contributed by atoms with Crippen LogP contribution in [0.1, 0.15) is 0 Å². The van der Waals surface area contributed by atoms with E-state index in [4.69, 9.17) is 0 Å². The summed E-state index contributed by atoms with van der Waals surface area (Å²) in [5.74, 6) is 0. The monoisotopic (exact) mass is 162 g/mol. The molecule has 0 aliphatic heterocycles. The molecular weight excluding hydrogens is 152 g/mol. The van der Waals surface area contributed by atoms with Gasteiger partial charge in [0, 0.05) is 6.07 Å². The number of hydrogen-bond acceptors (Lipinski definition) is 2. The van der Waals surface area contributed by atoms with Gasteiger partial charge in [-0.15, -0.1) is 5.10 Å². The Hall–Kier alpha value is -1.84. The molecule has 0 unspecified atom stereocenters. The summed E-state index contributed by atoms with van der Waals surface area (Å²) in [6, 6.07) is 3.74. The van der Waals surface area contributed by atoms with Gasteiger partial charge in [0.1, 0.15) is 0 Å². The summed E-state index contributed by atoms with van der Waals surface area (Å²) in [7, 11) is 0. The molecule has 12 heavy (non-hydrogen) atoms. The summed E-state index contributed by atoms with van der Waals surface area (Å²) in [6.07, 6.45) is 10.4. The van der Waals surface area contributed by atoms with Crippen molar-refractivity contribution in [2.45, 2.75) is 0 Å². The lowest BCUT2D eigenvalue weighted by Crippen LogP contribution is -2.02. The van der Waals surface area contributed by atoms with Crippen molar-refractivity contribution in [3.05, 3.63) is 49.3 Å². The molecule has 0 fully saturated rings. The fourth-order valence-electron chi connectivity index (χ4n) is 0.555. The fourth-order valence-corrected chi connectivity index (χ4v) is 0.555. The van der Waals surface area contributed by atoms with E-state index >= 15 is 0 Å². The third-order valence-corrected chi connectivity index (χ3v) is 1.03. The molecule has 0 saturated carbocycles. The van der Waals surface area contributed by atoms with Gasteiger partial charge < -0.3 is 0 Å². The fraction of sp³-hybridized carbons (Fsp3) is 0. The van der Waals surface area contributed by atoms with E-state index in [2.05, 4.69) is 20.2 Å². The number of hydrogen-bond donors (Lipinski definition) is 0. The zero-order chi connectivity index (χ0) is 8.49. The maximum atomic E-state index is 3.75. The van der Waals surface area contributed by atoms with Crippen LogP contribution in [0.25, 0.3) is 0 Å². The molecule has 0 amide bonds. The van der Waals surface area contributed by atoms with Crippen LogP contribution in [0.4, 0.5) is 0 Å². The van der Waals surface area contributed by atoms with E-state index < -0.39 is 0 Å². The molecule has 4 nitrogen and oxygen atoms in total. The minimum atomic E-state index is 1.69. The van der Waals surface area contributed by atoms with Crippen molar-refractivity contribution in [1.29, 1.82) is 0 Å². The van der Waals surface area contributed by atoms with Crippen LogP contribution < -0.4 is 10.1 Å². The van der Waals surface area contributed by atoms with E-state index in [1.807, 2.05) is 12.1 Å². The van der Waals surface area contributed by atoms with E-state index in [1.165, 1.54) is 0 Å². The highest BCUT2D eigenvalue weighted by Crippen LogP contribution is 1.63. The van der Waals surface area contributed by atoms with E-state index in [-0.39, 0.29) is 0 Å². The SMILES string of the molecule is c1c[nH+]ccn1.c1cc[nH+]nc1. The molecule has 2 aromatic rings. The zero-order valence-electron chi connectivity index (χ0n) is 6.51. The minimum Gasteiger partial charge on any atom is -0.252 e. The predicted octanol–water partition coefficient (Wildman–Crippen LogP) is -0.209. The third kappa shape index (κ3) is 4.05. The van der Waals surface area contributed by atoms with Crippen molar-refractivity contribution in [2.75, 3.05) is 0 Å². The third-order valence-electron chi connectivity index (χ3n) is 1.03. The number of aromatic nitrogens is 4. The normalized spacial score (nSPS) is 8.00. The Morgan fingerprint density at radius 3 is 1.83 bits per heavy atom. The standard InChI is InChI=1S/2C4H4N2/c1-2-6-4-3-5-1;1-2-4-6-5-3-1/h2*1-4H/p+2. The lowest BCUT2D eigenvalue weighted by molar-refractivity contribution is -0.455. The molecule has 0 aliphatic carbocycles. The van der Waals surface area contributed by atoms with Gasteiger partial charge in [0.05, 0.1) is 18.6 Å². The van der Waals surface area contributed by atoms with Crippen LogP contribution in [0.5, 0.6) is 0 Å². The minimum absolute atomic E-state index is 1.69.